The second-order valence-corrected chi connectivity index (χ2v) is 3.69. The minimum atomic E-state index is 0.769. The molecule has 0 unspecified atom stereocenters. The lowest BCUT2D eigenvalue weighted by Crippen LogP contribution is -2.16. The van der Waals surface area contributed by atoms with E-state index in [1.54, 1.807) is 0 Å². The van der Waals surface area contributed by atoms with Crippen molar-refractivity contribution in [3.05, 3.63) is 35.9 Å². The van der Waals surface area contributed by atoms with Gasteiger partial charge in [0.15, 0.2) is 0 Å². The topological polar surface area (TPSA) is 12.0 Å². The van der Waals surface area contributed by atoms with Crippen LogP contribution in [0.5, 0.6) is 0 Å². The predicted molar refractivity (Wildman–Crippen MR) is 57.9 cm³/mol. The molecule has 1 atom stereocenters. The van der Waals surface area contributed by atoms with Crippen molar-refractivity contribution in [3.63, 3.8) is 0 Å². The Hall–Kier alpha value is -0.820. The number of aryl methyl sites for hydroxylation is 1. The molecule has 0 heterocycles. The van der Waals surface area contributed by atoms with Crippen molar-refractivity contribution in [3.8, 4) is 0 Å². The molecular formula is C12H19N. The second kappa shape index (κ2) is 5.76. The highest BCUT2D eigenvalue weighted by Gasteiger charge is 2.00. The molecule has 1 nitrogen and oxygen atoms in total. The number of hydrogen-bond acceptors (Lipinski definition) is 1. The van der Waals surface area contributed by atoms with Gasteiger partial charge in [0, 0.05) is 0 Å². The van der Waals surface area contributed by atoms with Gasteiger partial charge in [-0.1, -0.05) is 37.3 Å². The first-order chi connectivity index (χ1) is 6.33. The van der Waals surface area contributed by atoms with E-state index in [1.165, 1.54) is 18.4 Å². The van der Waals surface area contributed by atoms with Gasteiger partial charge in [-0.15, -0.1) is 0 Å². The average molecular weight is 177 g/mol. The summed E-state index contributed by atoms with van der Waals surface area (Å²) in [5.74, 6) is 0.769. The summed E-state index contributed by atoms with van der Waals surface area (Å²) in [5.41, 5.74) is 1.45. The van der Waals surface area contributed by atoms with E-state index >= 15 is 0 Å². The third-order valence-electron chi connectivity index (χ3n) is 2.32. The van der Waals surface area contributed by atoms with Gasteiger partial charge in [-0.25, -0.2) is 0 Å². The van der Waals surface area contributed by atoms with Gasteiger partial charge in [0.05, 0.1) is 0 Å². The van der Waals surface area contributed by atoms with Crippen LogP contribution in [0, 0.1) is 5.92 Å². The van der Waals surface area contributed by atoms with E-state index in [9.17, 15) is 0 Å². The summed E-state index contributed by atoms with van der Waals surface area (Å²) in [6, 6.07) is 10.7. The minimum absolute atomic E-state index is 0.769. The normalized spacial score (nSPS) is 12.8. The number of rotatable bonds is 5. The summed E-state index contributed by atoms with van der Waals surface area (Å²) in [6.45, 7) is 3.41. The molecule has 13 heavy (non-hydrogen) atoms. The van der Waals surface area contributed by atoms with Crippen LogP contribution < -0.4 is 5.32 Å². The summed E-state index contributed by atoms with van der Waals surface area (Å²) in [4.78, 5) is 0. The molecule has 0 saturated carbocycles. The molecule has 0 aromatic heterocycles. The fraction of sp³-hybridized carbons (Fsp3) is 0.500. The maximum Gasteiger partial charge on any atom is -0.00260 e. The van der Waals surface area contributed by atoms with E-state index in [-0.39, 0.29) is 0 Å². The van der Waals surface area contributed by atoms with Crippen LogP contribution in [0.4, 0.5) is 0 Å². The molecule has 0 aliphatic carbocycles. The highest BCUT2D eigenvalue weighted by molar-refractivity contribution is 5.14. The van der Waals surface area contributed by atoms with Gasteiger partial charge in [-0.2, -0.15) is 0 Å². The number of hydrogen-bond donors (Lipinski definition) is 1. The Morgan fingerprint density at radius 2 is 1.92 bits per heavy atom. The molecule has 1 rings (SSSR count). The largest absolute Gasteiger partial charge is 0.319 e. The molecule has 0 amide bonds. The molecule has 1 N–H and O–H groups in total. The zero-order chi connectivity index (χ0) is 9.52. The summed E-state index contributed by atoms with van der Waals surface area (Å²) >= 11 is 0. The Balaban J connectivity index is 2.27. The van der Waals surface area contributed by atoms with Crippen molar-refractivity contribution in [2.75, 3.05) is 13.6 Å². The average Bonchev–Trinajstić information content (AvgIpc) is 2.17. The smallest absolute Gasteiger partial charge is 0.00260 e. The van der Waals surface area contributed by atoms with Crippen LogP contribution in [-0.2, 0) is 6.42 Å². The first kappa shape index (κ1) is 10.3. The predicted octanol–water partition coefficient (Wildman–Crippen LogP) is 2.47. The van der Waals surface area contributed by atoms with Crippen LogP contribution >= 0.6 is 0 Å². The molecule has 0 radical (unpaired) electrons. The van der Waals surface area contributed by atoms with Crippen molar-refractivity contribution in [1.29, 1.82) is 0 Å². The Kier molecular flexibility index (Phi) is 4.55. The maximum absolute atomic E-state index is 3.20. The molecule has 0 spiro atoms. The Morgan fingerprint density at radius 1 is 1.23 bits per heavy atom. The quantitative estimate of drug-likeness (QED) is 0.728. The van der Waals surface area contributed by atoms with Crippen molar-refractivity contribution in [2.24, 2.45) is 5.92 Å². The highest BCUT2D eigenvalue weighted by Crippen LogP contribution is 2.08. The lowest BCUT2D eigenvalue weighted by atomic mass is 10.0. The van der Waals surface area contributed by atoms with Gasteiger partial charge in [0.1, 0.15) is 0 Å². The molecule has 72 valence electrons. The second-order valence-electron chi connectivity index (χ2n) is 3.69. The van der Waals surface area contributed by atoms with Crippen molar-refractivity contribution < 1.29 is 0 Å². The van der Waals surface area contributed by atoms with E-state index in [0.29, 0.717) is 0 Å². The van der Waals surface area contributed by atoms with E-state index in [2.05, 4.69) is 42.6 Å². The molecule has 1 heteroatoms. The van der Waals surface area contributed by atoms with Crippen LogP contribution in [0.25, 0.3) is 0 Å². The SMILES string of the molecule is CNC[C@@H](C)CCc1ccccc1. The van der Waals surface area contributed by atoms with Crippen LogP contribution in [0.2, 0.25) is 0 Å². The van der Waals surface area contributed by atoms with E-state index in [1.807, 2.05) is 7.05 Å². The zero-order valence-corrected chi connectivity index (χ0v) is 8.59. The lowest BCUT2D eigenvalue weighted by molar-refractivity contribution is 0.505. The third kappa shape index (κ3) is 4.09. The van der Waals surface area contributed by atoms with Gasteiger partial charge in [-0.05, 0) is 37.9 Å². The van der Waals surface area contributed by atoms with Gasteiger partial charge in [0.2, 0.25) is 0 Å². The van der Waals surface area contributed by atoms with Crippen LogP contribution in [0.1, 0.15) is 18.9 Å². The van der Waals surface area contributed by atoms with E-state index in [0.717, 1.165) is 12.5 Å². The molecular weight excluding hydrogens is 158 g/mol. The standard InChI is InChI=1S/C12H19N/c1-11(10-13-2)8-9-12-6-4-3-5-7-12/h3-7,11,13H,8-10H2,1-2H3/t11-/m0/s1. The maximum atomic E-state index is 3.20. The molecule has 0 aliphatic heterocycles. The lowest BCUT2D eigenvalue weighted by Gasteiger charge is -2.09. The van der Waals surface area contributed by atoms with Crippen LogP contribution in [0.3, 0.4) is 0 Å². The van der Waals surface area contributed by atoms with Gasteiger partial charge < -0.3 is 5.32 Å². The fourth-order valence-electron chi connectivity index (χ4n) is 1.51. The van der Waals surface area contributed by atoms with E-state index in [4.69, 9.17) is 0 Å². The summed E-state index contributed by atoms with van der Waals surface area (Å²) < 4.78 is 0. The summed E-state index contributed by atoms with van der Waals surface area (Å²) in [5, 5.41) is 3.20. The molecule has 0 bridgehead atoms. The zero-order valence-electron chi connectivity index (χ0n) is 8.59. The Bertz CT molecular complexity index is 218. The van der Waals surface area contributed by atoms with Crippen LogP contribution in [0.15, 0.2) is 30.3 Å². The molecule has 1 aromatic carbocycles. The molecule has 0 aliphatic rings. The molecule has 1 aromatic rings. The molecule has 0 saturated heterocycles. The van der Waals surface area contributed by atoms with Crippen LogP contribution in [-0.4, -0.2) is 13.6 Å². The first-order valence-corrected chi connectivity index (χ1v) is 5.01. The van der Waals surface area contributed by atoms with Gasteiger partial charge >= 0.3 is 0 Å². The highest BCUT2D eigenvalue weighted by atomic mass is 14.8. The molecule has 0 fully saturated rings. The number of nitrogens with one attached hydrogen (secondary N) is 1. The van der Waals surface area contributed by atoms with Crippen molar-refractivity contribution in [1.82, 2.24) is 5.32 Å². The van der Waals surface area contributed by atoms with Crippen molar-refractivity contribution in [2.45, 2.75) is 19.8 Å². The first-order valence-electron chi connectivity index (χ1n) is 5.01. The number of benzene rings is 1. The fourth-order valence-corrected chi connectivity index (χ4v) is 1.51. The van der Waals surface area contributed by atoms with Gasteiger partial charge in [0.25, 0.3) is 0 Å². The Morgan fingerprint density at radius 3 is 2.54 bits per heavy atom. The minimum Gasteiger partial charge on any atom is -0.319 e. The Labute approximate surface area is 81.2 Å². The monoisotopic (exact) mass is 177 g/mol. The third-order valence-corrected chi connectivity index (χ3v) is 2.32. The van der Waals surface area contributed by atoms with Gasteiger partial charge in [-0.3, -0.25) is 0 Å². The summed E-state index contributed by atoms with van der Waals surface area (Å²) in [6.07, 6.45) is 2.47. The van der Waals surface area contributed by atoms with E-state index < -0.39 is 0 Å². The van der Waals surface area contributed by atoms with Crippen molar-refractivity contribution >= 4 is 0 Å². The summed E-state index contributed by atoms with van der Waals surface area (Å²) in [7, 11) is 2.01.